The molecule has 0 atom stereocenters. The number of aromatic nitrogens is 2. The zero-order valence-corrected chi connectivity index (χ0v) is 14.5. The van der Waals surface area contributed by atoms with Gasteiger partial charge in [0.2, 0.25) is 0 Å². The molecule has 0 aliphatic heterocycles. The van der Waals surface area contributed by atoms with Crippen LogP contribution in [0.3, 0.4) is 0 Å². The van der Waals surface area contributed by atoms with Gasteiger partial charge in [0.1, 0.15) is 17.4 Å². The first-order valence-electron chi connectivity index (χ1n) is 8.42. The van der Waals surface area contributed by atoms with Crippen molar-refractivity contribution in [3.8, 4) is 5.75 Å². The first kappa shape index (κ1) is 17.7. The molecule has 0 aliphatic rings. The van der Waals surface area contributed by atoms with Gasteiger partial charge >= 0.3 is 0 Å². The van der Waals surface area contributed by atoms with Crippen LogP contribution in [0.25, 0.3) is 0 Å². The number of ether oxygens (including phenoxy) is 1. The summed E-state index contributed by atoms with van der Waals surface area (Å²) < 4.78 is 19.9. The number of nitrogens with zero attached hydrogens (tertiary/aromatic N) is 2. The summed E-state index contributed by atoms with van der Waals surface area (Å²) in [5, 5.41) is 7.03. The number of nitrogens with one attached hydrogen (secondary N) is 1. The molecule has 3 rings (SSSR count). The number of carbonyl (C=O) groups is 1. The number of carbonyl (C=O) groups excluding carboxylic acids is 1. The van der Waals surface area contributed by atoms with Crippen molar-refractivity contribution < 1.29 is 13.9 Å². The SMILES string of the molecule is CCc1ccc(Cn2nccc2NC(=O)COc2ccc(F)cc2)cc1. The van der Waals surface area contributed by atoms with Gasteiger partial charge in [-0.05, 0) is 41.8 Å². The number of amides is 1. The van der Waals surface area contributed by atoms with Gasteiger partial charge in [-0.3, -0.25) is 4.79 Å². The van der Waals surface area contributed by atoms with Gasteiger partial charge in [-0.15, -0.1) is 0 Å². The number of halogens is 1. The lowest BCUT2D eigenvalue weighted by atomic mass is 10.1. The maximum atomic E-state index is 12.9. The molecule has 0 spiro atoms. The smallest absolute Gasteiger partial charge is 0.263 e. The largest absolute Gasteiger partial charge is 0.484 e. The number of hydrogen-bond acceptors (Lipinski definition) is 3. The minimum Gasteiger partial charge on any atom is -0.484 e. The van der Waals surface area contributed by atoms with Crippen LogP contribution in [0.4, 0.5) is 10.2 Å². The van der Waals surface area contributed by atoms with Gasteiger partial charge in [-0.25, -0.2) is 9.07 Å². The van der Waals surface area contributed by atoms with Gasteiger partial charge in [-0.2, -0.15) is 5.10 Å². The van der Waals surface area contributed by atoms with Crippen molar-refractivity contribution in [2.75, 3.05) is 11.9 Å². The Hall–Kier alpha value is -3.15. The highest BCUT2D eigenvalue weighted by Crippen LogP contribution is 2.13. The minimum atomic E-state index is -0.349. The summed E-state index contributed by atoms with van der Waals surface area (Å²) in [6.45, 7) is 2.51. The molecule has 3 aromatic rings. The van der Waals surface area contributed by atoms with Crippen LogP contribution in [0.5, 0.6) is 5.75 Å². The summed E-state index contributed by atoms with van der Waals surface area (Å²) in [7, 11) is 0. The van der Waals surface area contributed by atoms with Crippen molar-refractivity contribution in [1.82, 2.24) is 9.78 Å². The van der Waals surface area contributed by atoms with Crippen LogP contribution in [0, 0.1) is 5.82 Å². The normalized spacial score (nSPS) is 10.5. The van der Waals surface area contributed by atoms with Crippen LogP contribution < -0.4 is 10.1 Å². The van der Waals surface area contributed by atoms with Crippen LogP contribution in [0.1, 0.15) is 18.1 Å². The molecule has 1 aromatic heterocycles. The van der Waals surface area contributed by atoms with E-state index < -0.39 is 0 Å². The van der Waals surface area contributed by atoms with Crippen molar-refractivity contribution in [3.05, 3.63) is 77.7 Å². The number of hydrogen-bond donors (Lipinski definition) is 1. The molecule has 2 aromatic carbocycles. The highest BCUT2D eigenvalue weighted by molar-refractivity contribution is 5.91. The summed E-state index contributed by atoms with van der Waals surface area (Å²) in [6, 6.07) is 15.6. The van der Waals surface area contributed by atoms with E-state index in [-0.39, 0.29) is 18.3 Å². The molecule has 0 aliphatic carbocycles. The molecule has 26 heavy (non-hydrogen) atoms. The van der Waals surface area contributed by atoms with Crippen molar-refractivity contribution in [2.45, 2.75) is 19.9 Å². The molecule has 0 radical (unpaired) electrons. The van der Waals surface area contributed by atoms with Gasteiger partial charge in [0.25, 0.3) is 5.91 Å². The van der Waals surface area contributed by atoms with Crippen LogP contribution in [-0.4, -0.2) is 22.3 Å². The van der Waals surface area contributed by atoms with Crippen molar-refractivity contribution in [2.24, 2.45) is 0 Å². The molecule has 0 bridgehead atoms. The molecule has 1 amide bonds. The third-order valence-corrected chi connectivity index (χ3v) is 3.93. The van der Waals surface area contributed by atoms with Crippen LogP contribution in [-0.2, 0) is 17.8 Å². The predicted octanol–water partition coefficient (Wildman–Crippen LogP) is 3.65. The standard InChI is InChI=1S/C20H20FN3O2/c1-2-15-3-5-16(6-4-15)13-24-19(11-12-22-24)23-20(25)14-26-18-9-7-17(21)8-10-18/h3-12H,2,13-14H2,1H3,(H,23,25). The average Bonchev–Trinajstić information content (AvgIpc) is 3.08. The minimum absolute atomic E-state index is 0.165. The van der Waals surface area contributed by atoms with Gasteiger partial charge < -0.3 is 10.1 Å². The Morgan fingerprint density at radius 3 is 2.46 bits per heavy atom. The summed E-state index contributed by atoms with van der Waals surface area (Å²) in [4.78, 5) is 12.1. The van der Waals surface area contributed by atoms with Crippen molar-refractivity contribution >= 4 is 11.7 Å². The zero-order valence-electron chi connectivity index (χ0n) is 14.5. The Balaban J connectivity index is 1.57. The third kappa shape index (κ3) is 4.69. The molecule has 6 heteroatoms. The molecular formula is C20H20FN3O2. The molecule has 0 unspecified atom stereocenters. The summed E-state index contributed by atoms with van der Waals surface area (Å²) in [5.41, 5.74) is 2.38. The first-order chi connectivity index (χ1) is 12.6. The Kier molecular flexibility index (Phi) is 5.63. The molecule has 134 valence electrons. The Morgan fingerprint density at radius 2 is 1.77 bits per heavy atom. The number of aryl methyl sites for hydroxylation is 1. The quantitative estimate of drug-likeness (QED) is 0.705. The molecule has 1 heterocycles. The lowest BCUT2D eigenvalue weighted by Crippen LogP contribution is -2.22. The number of benzene rings is 2. The molecule has 0 fully saturated rings. The topological polar surface area (TPSA) is 56.2 Å². The Morgan fingerprint density at radius 1 is 1.08 bits per heavy atom. The van der Waals surface area contributed by atoms with E-state index in [0.29, 0.717) is 18.1 Å². The van der Waals surface area contributed by atoms with E-state index >= 15 is 0 Å². The van der Waals surface area contributed by atoms with E-state index in [0.717, 1.165) is 12.0 Å². The van der Waals surface area contributed by atoms with Crippen LogP contribution in [0.15, 0.2) is 60.8 Å². The van der Waals surface area contributed by atoms with Crippen molar-refractivity contribution in [3.63, 3.8) is 0 Å². The van der Waals surface area contributed by atoms with Gasteiger partial charge in [0.05, 0.1) is 12.7 Å². The van der Waals surface area contributed by atoms with Crippen LogP contribution >= 0.6 is 0 Å². The molecule has 5 nitrogen and oxygen atoms in total. The Bertz CT molecular complexity index is 858. The molecule has 1 N–H and O–H groups in total. The fourth-order valence-corrected chi connectivity index (χ4v) is 2.48. The molecule has 0 saturated heterocycles. The van der Waals surface area contributed by atoms with Gasteiger partial charge in [0, 0.05) is 6.07 Å². The van der Waals surface area contributed by atoms with Crippen LogP contribution in [0.2, 0.25) is 0 Å². The van der Waals surface area contributed by atoms with Gasteiger partial charge in [0.15, 0.2) is 6.61 Å². The first-order valence-corrected chi connectivity index (χ1v) is 8.42. The van der Waals surface area contributed by atoms with E-state index in [1.54, 1.807) is 16.9 Å². The Labute approximate surface area is 151 Å². The number of rotatable bonds is 7. The summed E-state index contributed by atoms with van der Waals surface area (Å²) in [6.07, 6.45) is 2.63. The van der Waals surface area contributed by atoms with E-state index in [4.69, 9.17) is 4.74 Å². The molecular weight excluding hydrogens is 333 g/mol. The van der Waals surface area contributed by atoms with E-state index in [1.807, 2.05) is 0 Å². The maximum absolute atomic E-state index is 12.9. The average molecular weight is 353 g/mol. The monoisotopic (exact) mass is 353 g/mol. The zero-order chi connectivity index (χ0) is 18.4. The van der Waals surface area contributed by atoms with Gasteiger partial charge in [-0.1, -0.05) is 31.2 Å². The highest BCUT2D eigenvalue weighted by Gasteiger charge is 2.09. The maximum Gasteiger partial charge on any atom is 0.263 e. The second kappa shape index (κ2) is 8.29. The molecule has 0 saturated carbocycles. The van der Waals surface area contributed by atoms with E-state index in [1.165, 1.54) is 29.8 Å². The second-order valence-electron chi connectivity index (χ2n) is 5.83. The predicted molar refractivity (Wildman–Crippen MR) is 97.7 cm³/mol. The highest BCUT2D eigenvalue weighted by atomic mass is 19.1. The lowest BCUT2D eigenvalue weighted by molar-refractivity contribution is -0.118. The summed E-state index contributed by atoms with van der Waals surface area (Å²) >= 11 is 0. The van der Waals surface area contributed by atoms with E-state index in [9.17, 15) is 9.18 Å². The van der Waals surface area contributed by atoms with E-state index in [2.05, 4.69) is 41.6 Å². The summed E-state index contributed by atoms with van der Waals surface area (Å²) in [5.74, 6) is 0.374. The number of anilines is 1. The fourth-order valence-electron chi connectivity index (χ4n) is 2.48. The second-order valence-corrected chi connectivity index (χ2v) is 5.83. The fraction of sp³-hybridized carbons (Fsp3) is 0.200. The van der Waals surface area contributed by atoms with Crippen molar-refractivity contribution in [1.29, 1.82) is 0 Å². The third-order valence-electron chi connectivity index (χ3n) is 3.93. The lowest BCUT2D eigenvalue weighted by Gasteiger charge is -2.10.